The minimum atomic E-state index is -4.29. The summed E-state index contributed by atoms with van der Waals surface area (Å²) in [5.74, 6) is -0.336. The first-order valence-electron chi connectivity index (χ1n) is 26.3. The van der Waals surface area contributed by atoms with Crippen LogP contribution < -0.4 is 5.73 Å². The Balaban J connectivity index is 3.95. The van der Waals surface area contributed by atoms with Gasteiger partial charge < -0.3 is 20.1 Å². The lowest BCUT2D eigenvalue weighted by atomic mass is 10.0. The molecule has 8 nitrogen and oxygen atoms in total. The lowest BCUT2D eigenvalue weighted by Crippen LogP contribution is -2.28. The average Bonchev–Trinajstić information content (AvgIpc) is 3.28. The molecule has 0 fully saturated rings. The van der Waals surface area contributed by atoms with Gasteiger partial charge in [-0.25, -0.2) is 4.57 Å². The SMILES string of the molecule is CC/C=C\C/C=C\C/C=C\C/C=C\C/C=C\CCCCCCOCC(COP(=O)(O)OCCN)OC(=O)CCCCCCCCCCCCCCCCCCCCCCCCCC. The van der Waals surface area contributed by atoms with E-state index in [1.165, 1.54) is 135 Å². The maximum atomic E-state index is 12.7. The Kier molecular flexibility index (Phi) is 49.7. The molecule has 2 unspecified atom stereocenters. The van der Waals surface area contributed by atoms with E-state index in [4.69, 9.17) is 24.3 Å². The molecule has 0 saturated heterocycles. The molecule has 368 valence electrons. The Morgan fingerprint density at radius 1 is 0.492 bits per heavy atom. The van der Waals surface area contributed by atoms with E-state index in [2.05, 4.69) is 74.6 Å². The van der Waals surface area contributed by atoms with E-state index in [9.17, 15) is 14.3 Å². The maximum Gasteiger partial charge on any atom is 0.472 e. The molecular formula is C54H100NO7P. The number of hydrogen-bond donors (Lipinski definition) is 2. The molecule has 0 spiro atoms. The summed E-state index contributed by atoms with van der Waals surface area (Å²) in [7, 11) is -4.29. The minimum absolute atomic E-state index is 0.0946. The maximum absolute atomic E-state index is 12.7. The number of phosphoric ester groups is 1. The van der Waals surface area contributed by atoms with Gasteiger partial charge in [0, 0.05) is 19.6 Å². The van der Waals surface area contributed by atoms with Gasteiger partial charge in [-0.05, 0) is 57.8 Å². The predicted molar refractivity (Wildman–Crippen MR) is 270 cm³/mol. The number of hydrogen-bond acceptors (Lipinski definition) is 7. The van der Waals surface area contributed by atoms with Crippen molar-refractivity contribution in [2.45, 2.75) is 245 Å². The Bertz CT molecular complexity index is 1150. The number of allylic oxidation sites excluding steroid dienone is 10. The summed E-state index contributed by atoms with van der Waals surface area (Å²) in [6, 6.07) is 0. The van der Waals surface area contributed by atoms with Crippen LogP contribution in [0.5, 0.6) is 0 Å². The number of phosphoric acid groups is 1. The number of ether oxygens (including phenoxy) is 2. The number of carbonyl (C=O) groups excluding carboxylic acids is 1. The molecule has 0 radical (unpaired) electrons. The molecule has 0 aliphatic rings. The quantitative estimate of drug-likeness (QED) is 0.0268. The third kappa shape index (κ3) is 51.1. The molecule has 9 heteroatoms. The fourth-order valence-electron chi connectivity index (χ4n) is 7.38. The van der Waals surface area contributed by atoms with Crippen molar-refractivity contribution in [2.75, 3.05) is 33.0 Å². The fourth-order valence-corrected chi connectivity index (χ4v) is 8.14. The van der Waals surface area contributed by atoms with E-state index in [0.29, 0.717) is 13.0 Å². The number of esters is 1. The zero-order chi connectivity index (χ0) is 45.8. The van der Waals surface area contributed by atoms with E-state index >= 15 is 0 Å². The molecule has 0 aromatic carbocycles. The van der Waals surface area contributed by atoms with Crippen LogP contribution in [0.15, 0.2) is 60.8 Å². The molecule has 0 amide bonds. The summed E-state index contributed by atoms with van der Waals surface area (Å²) < 4.78 is 33.6. The second-order valence-corrected chi connectivity index (χ2v) is 18.8. The van der Waals surface area contributed by atoms with E-state index in [1.54, 1.807) is 0 Å². The van der Waals surface area contributed by atoms with Gasteiger partial charge in [0.2, 0.25) is 0 Å². The Hall–Kier alpha value is -1.80. The highest BCUT2D eigenvalue weighted by Gasteiger charge is 2.25. The first-order chi connectivity index (χ1) is 30.9. The molecule has 0 saturated carbocycles. The van der Waals surface area contributed by atoms with Gasteiger partial charge in [-0.2, -0.15) is 0 Å². The first-order valence-corrected chi connectivity index (χ1v) is 27.8. The number of rotatable bonds is 50. The fraction of sp³-hybridized carbons (Fsp3) is 0.796. The topological polar surface area (TPSA) is 117 Å². The van der Waals surface area contributed by atoms with Crippen LogP contribution in [0.3, 0.4) is 0 Å². The van der Waals surface area contributed by atoms with Gasteiger partial charge in [-0.15, -0.1) is 0 Å². The van der Waals surface area contributed by atoms with Crippen LogP contribution in [0.25, 0.3) is 0 Å². The number of carbonyl (C=O) groups is 1. The van der Waals surface area contributed by atoms with Gasteiger partial charge >= 0.3 is 13.8 Å². The second-order valence-electron chi connectivity index (χ2n) is 17.4. The Morgan fingerprint density at radius 2 is 0.889 bits per heavy atom. The lowest BCUT2D eigenvalue weighted by molar-refractivity contribution is -0.154. The van der Waals surface area contributed by atoms with Gasteiger partial charge in [0.1, 0.15) is 6.10 Å². The highest BCUT2D eigenvalue weighted by Crippen LogP contribution is 2.43. The van der Waals surface area contributed by atoms with Crippen LogP contribution in [-0.4, -0.2) is 49.9 Å². The number of nitrogens with two attached hydrogens (primary N) is 1. The van der Waals surface area contributed by atoms with Gasteiger partial charge in [-0.1, -0.05) is 235 Å². The van der Waals surface area contributed by atoms with Crippen LogP contribution in [0.2, 0.25) is 0 Å². The van der Waals surface area contributed by atoms with Crippen molar-refractivity contribution in [3.8, 4) is 0 Å². The van der Waals surface area contributed by atoms with Gasteiger partial charge in [-0.3, -0.25) is 13.8 Å². The molecule has 3 N–H and O–H groups in total. The van der Waals surface area contributed by atoms with Gasteiger partial charge in [0.25, 0.3) is 0 Å². The van der Waals surface area contributed by atoms with E-state index in [0.717, 1.165) is 83.5 Å². The van der Waals surface area contributed by atoms with Crippen LogP contribution in [0, 0.1) is 0 Å². The highest BCUT2D eigenvalue weighted by atomic mass is 31.2. The normalized spacial score (nSPS) is 13.8. The molecule has 63 heavy (non-hydrogen) atoms. The highest BCUT2D eigenvalue weighted by molar-refractivity contribution is 7.47. The smallest absolute Gasteiger partial charge is 0.457 e. The third-order valence-electron chi connectivity index (χ3n) is 11.2. The summed E-state index contributed by atoms with van der Waals surface area (Å²) in [6.07, 6.45) is 64.1. The predicted octanol–water partition coefficient (Wildman–Crippen LogP) is 16.5. The van der Waals surface area contributed by atoms with E-state index in [-0.39, 0.29) is 32.3 Å². The molecule has 0 heterocycles. The largest absolute Gasteiger partial charge is 0.472 e. The van der Waals surface area contributed by atoms with E-state index in [1.807, 2.05) is 0 Å². The Morgan fingerprint density at radius 3 is 1.33 bits per heavy atom. The summed E-state index contributed by atoms with van der Waals surface area (Å²) in [4.78, 5) is 22.6. The standard InChI is InChI=1S/C54H100NO7P/c1-3-5-7-9-11-13-15-17-19-21-23-25-26-27-28-29-31-33-35-37-39-41-43-45-47-54(56)62-53(52-61-63(57,58)60-50-48-55)51-59-49-46-44-42-40-38-36-34-32-30-24-22-20-18-16-14-12-10-8-6-4-2/h6,8,12,14,18,20,24,30,34,36,53H,3-5,7,9-11,13,15-17,19,21-23,25-29,31-33,35,37-52,55H2,1-2H3,(H,57,58)/b8-6-,14-12-,20-18-,30-24-,36-34-. The van der Waals surface area contributed by atoms with Crippen LogP contribution in [-0.2, 0) is 27.9 Å². The Labute approximate surface area is 389 Å². The van der Waals surface area contributed by atoms with Gasteiger partial charge in [0.15, 0.2) is 0 Å². The molecule has 0 rings (SSSR count). The summed E-state index contributed by atoms with van der Waals surface area (Å²) >= 11 is 0. The molecule has 0 aromatic heterocycles. The zero-order valence-corrected chi connectivity index (χ0v) is 42.0. The number of unbranched alkanes of at least 4 members (excludes halogenated alkanes) is 27. The summed E-state index contributed by atoms with van der Waals surface area (Å²) in [6.45, 7) is 4.78. The zero-order valence-electron chi connectivity index (χ0n) is 41.1. The van der Waals surface area contributed by atoms with Crippen molar-refractivity contribution >= 4 is 13.8 Å². The van der Waals surface area contributed by atoms with Gasteiger partial charge in [0.05, 0.1) is 19.8 Å². The molecule has 0 aromatic rings. The van der Waals surface area contributed by atoms with Crippen molar-refractivity contribution < 1.29 is 32.8 Å². The average molecular weight is 906 g/mol. The van der Waals surface area contributed by atoms with Crippen LogP contribution >= 0.6 is 7.82 Å². The molecule has 2 atom stereocenters. The van der Waals surface area contributed by atoms with Crippen molar-refractivity contribution in [2.24, 2.45) is 5.73 Å². The first kappa shape index (κ1) is 61.2. The summed E-state index contributed by atoms with van der Waals surface area (Å²) in [5.41, 5.74) is 5.39. The second kappa shape index (κ2) is 51.2. The minimum Gasteiger partial charge on any atom is -0.457 e. The molecule has 0 bridgehead atoms. The molecule has 0 aliphatic heterocycles. The van der Waals surface area contributed by atoms with Crippen LogP contribution in [0.1, 0.15) is 239 Å². The van der Waals surface area contributed by atoms with Crippen molar-refractivity contribution in [1.82, 2.24) is 0 Å². The van der Waals surface area contributed by atoms with Crippen LogP contribution in [0.4, 0.5) is 0 Å². The molecular weight excluding hydrogens is 806 g/mol. The van der Waals surface area contributed by atoms with E-state index < -0.39 is 13.9 Å². The molecule has 0 aliphatic carbocycles. The van der Waals surface area contributed by atoms with Crippen molar-refractivity contribution in [3.05, 3.63) is 60.8 Å². The monoisotopic (exact) mass is 906 g/mol. The van der Waals surface area contributed by atoms with Crippen molar-refractivity contribution in [3.63, 3.8) is 0 Å². The summed E-state index contributed by atoms with van der Waals surface area (Å²) in [5, 5.41) is 0. The van der Waals surface area contributed by atoms with Crippen molar-refractivity contribution in [1.29, 1.82) is 0 Å². The lowest BCUT2D eigenvalue weighted by Gasteiger charge is -2.20. The third-order valence-corrected chi connectivity index (χ3v) is 12.2.